The highest BCUT2D eigenvalue weighted by Gasteiger charge is 2.33. The summed E-state index contributed by atoms with van der Waals surface area (Å²) in [5.41, 5.74) is 4.08. The zero-order valence-electron chi connectivity index (χ0n) is 12.9. The van der Waals surface area contributed by atoms with Gasteiger partial charge in [-0.15, -0.1) is 12.4 Å². The molecule has 1 aromatic carbocycles. The molecule has 0 atom stereocenters. The van der Waals surface area contributed by atoms with Gasteiger partial charge in [0.05, 0.1) is 13.1 Å². The highest BCUT2D eigenvalue weighted by atomic mass is 35.5. The maximum atomic E-state index is 13.0. The van der Waals surface area contributed by atoms with Gasteiger partial charge >= 0.3 is 6.03 Å². The summed E-state index contributed by atoms with van der Waals surface area (Å²) in [7, 11) is 0. The molecule has 0 aliphatic heterocycles. The number of amides is 3. The number of halogens is 3. The molecule has 0 aromatic heterocycles. The molecule has 3 amide bonds. The van der Waals surface area contributed by atoms with Gasteiger partial charge in [-0.1, -0.05) is 18.2 Å². The van der Waals surface area contributed by atoms with E-state index in [2.05, 4.69) is 16.0 Å². The third-order valence-electron chi connectivity index (χ3n) is 2.83. The van der Waals surface area contributed by atoms with E-state index in [0.29, 0.717) is 5.69 Å². The molecule has 0 aliphatic carbocycles. The van der Waals surface area contributed by atoms with Crippen LogP contribution in [0.5, 0.6) is 0 Å². The molecule has 1 aromatic rings. The molecule has 0 aliphatic rings. The second-order valence-corrected chi connectivity index (χ2v) is 5.31. The first-order valence-electron chi connectivity index (χ1n) is 6.67. The average Bonchev–Trinajstić information content (AvgIpc) is 2.45. The third-order valence-corrected chi connectivity index (χ3v) is 2.83. The summed E-state index contributed by atoms with van der Waals surface area (Å²) >= 11 is 0. The fourth-order valence-electron chi connectivity index (χ4n) is 1.53. The summed E-state index contributed by atoms with van der Waals surface area (Å²) < 4.78 is 26.0. The first-order chi connectivity index (χ1) is 10.2. The van der Waals surface area contributed by atoms with Crippen molar-refractivity contribution in [3.8, 4) is 0 Å². The lowest BCUT2D eigenvalue weighted by molar-refractivity contribution is -0.127. The molecule has 0 saturated heterocycles. The van der Waals surface area contributed by atoms with Crippen LogP contribution in [0.15, 0.2) is 30.3 Å². The molecule has 130 valence electrons. The predicted molar refractivity (Wildman–Crippen MR) is 86.9 cm³/mol. The normalized spacial score (nSPS) is 11.2. The second kappa shape index (κ2) is 8.64. The third kappa shape index (κ3) is 7.25. The van der Waals surface area contributed by atoms with E-state index in [0.717, 1.165) is 0 Å². The van der Waals surface area contributed by atoms with Gasteiger partial charge in [0, 0.05) is 5.69 Å². The number of carbonyl (C=O) groups is 2. The quantitative estimate of drug-likeness (QED) is 0.629. The van der Waals surface area contributed by atoms with Gasteiger partial charge < -0.3 is 21.7 Å². The highest BCUT2D eigenvalue weighted by molar-refractivity contribution is 5.95. The molecule has 9 heteroatoms. The number of nitrogens with two attached hydrogens (primary N) is 1. The Bertz CT molecular complexity index is 527. The number of benzene rings is 1. The number of para-hydroxylation sites is 1. The van der Waals surface area contributed by atoms with Crippen LogP contribution >= 0.6 is 12.4 Å². The van der Waals surface area contributed by atoms with Crippen LogP contribution in [0.2, 0.25) is 0 Å². The average molecular weight is 351 g/mol. The van der Waals surface area contributed by atoms with Gasteiger partial charge in [-0.3, -0.25) is 4.79 Å². The van der Waals surface area contributed by atoms with Gasteiger partial charge in [-0.05, 0) is 26.0 Å². The monoisotopic (exact) mass is 350 g/mol. The van der Waals surface area contributed by atoms with Crippen molar-refractivity contribution in [1.82, 2.24) is 10.6 Å². The van der Waals surface area contributed by atoms with E-state index in [1.54, 1.807) is 30.3 Å². The van der Waals surface area contributed by atoms with Gasteiger partial charge in [0.15, 0.2) is 0 Å². The highest BCUT2D eigenvalue weighted by Crippen LogP contribution is 2.11. The summed E-state index contributed by atoms with van der Waals surface area (Å²) in [6, 6.07) is 8.00. The molecule has 0 bridgehead atoms. The molecule has 23 heavy (non-hydrogen) atoms. The lowest BCUT2D eigenvalue weighted by Crippen LogP contribution is -2.57. The molecule has 1 rings (SSSR count). The zero-order chi connectivity index (χ0) is 16.8. The Morgan fingerprint density at radius 3 is 2.26 bits per heavy atom. The number of alkyl halides is 2. The summed E-state index contributed by atoms with van der Waals surface area (Å²) in [6.07, 6.45) is 0. The molecule has 0 unspecified atom stereocenters. The zero-order valence-corrected chi connectivity index (χ0v) is 13.7. The van der Waals surface area contributed by atoms with Gasteiger partial charge in [0.2, 0.25) is 5.91 Å². The molecule has 0 saturated carbocycles. The fraction of sp³-hybridized carbons (Fsp3) is 0.429. The minimum absolute atomic E-state index is 0. The minimum Gasteiger partial charge on any atom is -0.348 e. The first kappa shape index (κ1) is 21.1. The van der Waals surface area contributed by atoms with E-state index in [4.69, 9.17) is 5.73 Å². The van der Waals surface area contributed by atoms with Gasteiger partial charge in [-0.25, -0.2) is 13.6 Å². The molecule has 0 heterocycles. The fourth-order valence-corrected chi connectivity index (χ4v) is 1.53. The Morgan fingerprint density at radius 2 is 1.74 bits per heavy atom. The van der Waals surface area contributed by atoms with E-state index >= 15 is 0 Å². The molecule has 5 N–H and O–H groups in total. The number of nitrogens with one attached hydrogen (secondary N) is 3. The molecule has 6 nitrogen and oxygen atoms in total. The smallest absolute Gasteiger partial charge is 0.320 e. The largest absolute Gasteiger partial charge is 0.348 e. The number of urea groups is 1. The summed E-state index contributed by atoms with van der Waals surface area (Å²) in [6.45, 7) is 1.07. The van der Waals surface area contributed by atoms with Crippen molar-refractivity contribution in [2.75, 3.05) is 18.4 Å². The summed E-state index contributed by atoms with van der Waals surface area (Å²) in [5.74, 6) is -3.92. The van der Waals surface area contributed by atoms with Crippen LogP contribution in [0.25, 0.3) is 0 Å². The van der Waals surface area contributed by atoms with E-state index in [-0.39, 0.29) is 12.4 Å². The number of rotatable bonds is 6. The first-order valence-corrected chi connectivity index (χ1v) is 6.67. The summed E-state index contributed by atoms with van der Waals surface area (Å²) in [4.78, 5) is 23.7. The van der Waals surface area contributed by atoms with Crippen molar-refractivity contribution < 1.29 is 18.4 Å². The predicted octanol–water partition coefficient (Wildman–Crippen LogP) is 1.72. The molecule has 0 fully saturated rings. The molecule has 0 spiro atoms. The van der Waals surface area contributed by atoms with Gasteiger partial charge in [0.25, 0.3) is 5.92 Å². The second-order valence-electron chi connectivity index (χ2n) is 5.31. The van der Waals surface area contributed by atoms with Crippen LogP contribution in [0.4, 0.5) is 19.3 Å². The SMILES string of the molecule is CC(C)(NC(=O)Nc1ccccc1)C(=O)NCC(F)(F)CN.Cl. The number of hydrogen-bond acceptors (Lipinski definition) is 3. The van der Waals surface area contributed by atoms with E-state index in [1.807, 2.05) is 0 Å². The summed E-state index contributed by atoms with van der Waals surface area (Å²) in [5, 5.41) is 7.03. The van der Waals surface area contributed by atoms with E-state index in [1.165, 1.54) is 13.8 Å². The Labute approximate surface area is 139 Å². The van der Waals surface area contributed by atoms with Crippen molar-refractivity contribution in [3.05, 3.63) is 30.3 Å². The lowest BCUT2D eigenvalue weighted by atomic mass is 10.0. The van der Waals surface area contributed by atoms with Crippen LogP contribution in [0, 0.1) is 0 Å². The van der Waals surface area contributed by atoms with Crippen LogP contribution < -0.4 is 21.7 Å². The maximum Gasteiger partial charge on any atom is 0.320 e. The van der Waals surface area contributed by atoms with Crippen LogP contribution in [-0.2, 0) is 4.79 Å². The minimum atomic E-state index is -3.18. The number of hydrogen-bond donors (Lipinski definition) is 4. The molecule has 0 radical (unpaired) electrons. The van der Waals surface area contributed by atoms with Gasteiger partial charge in [-0.2, -0.15) is 0 Å². The van der Waals surface area contributed by atoms with E-state index in [9.17, 15) is 18.4 Å². The Balaban J connectivity index is 0.00000484. The van der Waals surface area contributed by atoms with Crippen LogP contribution in [0.3, 0.4) is 0 Å². The number of carbonyl (C=O) groups excluding carboxylic acids is 2. The Hall–Kier alpha value is -1.93. The van der Waals surface area contributed by atoms with Crippen LogP contribution in [0.1, 0.15) is 13.8 Å². The molecular formula is C14H21ClF2N4O2. The van der Waals surface area contributed by atoms with Crippen molar-refractivity contribution >= 4 is 30.0 Å². The standard InChI is InChI=1S/C14H20F2N4O2.ClH/c1-13(2,11(21)18-9-14(15,16)8-17)20-12(22)19-10-6-4-3-5-7-10;/h3-7H,8-9,17H2,1-2H3,(H,18,21)(H2,19,20,22);1H. The maximum absolute atomic E-state index is 13.0. The topological polar surface area (TPSA) is 96.2 Å². The van der Waals surface area contributed by atoms with Crippen molar-refractivity contribution in [3.63, 3.8) is 0 Å². The Kier molecular flexibility index (Phi) is 7.91. The van der Waals surface area contributed by atoms with Crippen molar-refractivity contribution in [1.29, 1.82) is 0 Å². The number of anilines is 1. The lowest BCUT2D eigenvalue weighted by Gasteiger charge is -2.26. The Morgan fingerprint density at radius 1 is 1.17 bits per heavy atom. The van der Waals surface area contributed by atoms with Crippen molar-refractivity contribution in [2.24, 2.45) is 5.73 Å². The van der Waals surface area contributed by atoms with Crippen LogP contribution in [-0.4, -0.2) is 36.5 Å². The molecular weight excluding hydrogens is 330 g/mol. The van der Waals surface area contributed by atoms with E-state index < -0.39 is 36.5 Å². The van der Waals surface area contributed by atoms with Crippen molar-refractivity contribution in [2.45, 2.75) is 25.3 Å². The van der Waals surface area contributed by atoms with Gasteiger partial charge in [0.1, 0.15) is 5.54 Å².